The first-order valence-electron chi connectivity index (χ1n) is 3.97. The van der Waals surface area contributed by atoms with Crippen molar-refractivity contribution in [2.75, 3.05) is 0 Å². The van der Waals surface area contributed by atoms with Crippen molar-refractivity contribution in [3.63, 3.8) is 0 Å². The lowest BCUT2D eigenvalue weighted by atomic mass is 10.1. The molecule has 0 aliphatic heterocycles. The molecule has 16 heavy (non-hydrogen) atoms. The van der Waals surface area contributed by atoms with Gasteiger partial charge in [0, 0.05) is 10.0 Å². The van der Waals surface area contributed by atoms with Crippen molar-refractivity contribution in [3.05, 3.63) is 25.7 Å². The largest absolute Gasteiger partial charge is 0.573 e. The normalized spacial score (nSPS) is 11.4. The van der Waals surface area contributed by atoms with Gasteiger partial charge in [0.1, 0.15) is 5.75 Å². The maximum Gasteiger partial charge on any atom is 0.573 e. The quantitative estimate of drug-likeness (QED) is 0.542. The SMILES string of the molecule is CC(=O)c1ccc(OC(F)(F)F)c(I)c1Br. The third-order valence-electron chi connectivity index (χ3n) is 1.65. The molecule has 0 amide bonds. The molecule has 0 heterocycles. The third kappa shape index (κ3) is 3.34. The molecule has 0 radical (unpaired) electrons. The lowest BCUT2D eigenvalue weighted by molar-refractivity contribution is -0.275. The fourth-order valence-electron chi connectivity index (χ4n) is 1.01. The number of rotatable bonds is 2. The minimum atomic E-state index is -4.74. The van der Waals surface area contributed by atoms with E-state index >= 15 is 0 Å². The Morgan fingerprint density at radius 3 is 2.44 bits per heavy atom. The number of carbonyl (C=O) groups excluding carboxylic acids is 1. The van der Waals surface area contributed by atoms with E-state index in [1.54, 1.807) is 22.6 Å². The molecular weight excluding hydrogens is 404 g/mol. The topological polar surface area (TPSA) is 26.3 Å². The van der Waals surface area contributed by atoms with Gasteiger partial charge in [-0.25, -0.2) is 0 Å². The first-order chi connectivity index (χ1) is 7.22. The second-order valence-electron chi connectivity index (χ2n) is 2.84. The maximum absolute atomic E-state index is 12.0. The Hall–Kier alpha value is -0.310. The molecule has 0 aliphatic rings. The van der Waals surface area contributed by atoms with Crippen LogP contribution in [0.1, 0.15) is 17.3 Å². The van der Waals surface area contributed by atoms with Crippen molar-refractivity contribution in [2.24, 2.45) is 0 Å². The molecule has 0 aromatic heterocycles. The number of benzene rings is 1. The molecule has 1 aromatic rings. The Bertz CT molecular complexity index is 431. The van der Waals surface area contributed by atoms with Crippen molar-refractivity contribution in [1.29, 1.82) is 0 Å². The van der Waals surface area contributed by atoms with E-state index in [9.17, 15) is 18.0 Å². The van der Waals surface area contributed by atoms with Gasteiger partial charge in [0.15, 0.2) is 5.78 Å². The van der Waals surface area contributed by atoms with Crippen LogP contribution in [0.25, 0.3) is 0 Å². The zero-order chi connectivity index (χ0) is 12.5. The van der Waals surface area contributed by atoms with Crippen LogP contribution in [0.15, 0.2) is 16.6 Å². The Labute approximate surface area is 111 Å². The Morgan fingerprint density at radius 1 is 1.44 bits per heavy atom. The highest BCUT2D eigenvalue weighted by Crippen LogP contribution is 2.34. The first kappa shape index (κ1) is 13.8. The van der Waals surface area contributed by atoms with Gasteiger partial charge in [-0.3, -0.25) is 4.79 Å². The van der Waals surface area contributed by atoms with Crippen LogP contribution in [-0.2, 0) is 0 Å². The van der Waals surface area contributed by atoms with Gasteiger partial charge in [0.25, 0.3) is 0 Å². The molecule has 0 bridgehead atoms. The van der Waals surface area contributed by atoms with Crippen LogP contribution in [0.2, 0.25) is 0 Å². The molecule has 88 valence electrons. The molecule has 7 heteroatoms. The molecule has 0 saturated heterocycles. The van der Waals surface area contributed by atoms with E-state index in [-0.39, 0.29) is 15.1 Å². The van der Waals surface area contributed by atoms with Crippen molar-refractivity contribution in [3.8, 4) is 5.75 Å². The number of carbonyl (C=O) groups is 1. The summed E-state index contributed by atoms with van der Waals surface area (Å²) in [5.74, 6) is -0.562. The number of halogens is 5. The van der Waals surface area contributed by atoms with Crippen LogP contribution in [0.5, 0.6) is 5.75 Å². The smallest absolute Gasteiger partial charge is 0.405 e. The molecular formula is C9H5BrF3IO2. The molecule has 0 spiro atoms. The van der Waals surface area contributed by atoms with Gasteiger partial charge in [-0.05, 0) is 57.6 Å². The van der Waals surface area contributed by atoms with Gasteiger partial charge in [-0.2, -0.15) is 0 Å². The summed E-state index contributed by atoms with van der Waals surface area (Å²) in [5.41, 5.74) is 0.318. The lowest BCUT2D eigenvalue weighted by Gasteiger charge is -2.12. The molecule has 0 atom stereocenters. The second-order valence-corrected chi connectivity index (χ2v) is 4.71. The molecule has 0 unspecified atom stereocenters. The van der Waals surface area contributed by atoms with Crippen molar-refractivity contribution >= 4 is 44.3 Å². The molecule has 1 aromatic carbocycles. The van der Waals surface area contributed by atoms with E-state index in [0.717, 1.165) is 6.07 Å². The Morgan fingerprint density at radius 2 is 2.00 bits per heavy atom. The van der Waals surface area contributed by atoms with Crippen molar-refractivity contribution in [2.45, 2.75) is 13.3 Å². The molecule has 2 nitrogen and oxygen atoms in total. The molecule has 0 fully saturated rings. The summed E-state index contributed by atoms with van der Waals surface area (Å²) in [6.45, 7) is 1.33. The highest BCUT2D eigenvalue weighted by Gasteiger charge is 2.32. The number of hydrogen-bond donors (Lipinski definition) is 0. The minimum absolute atomic E-state index is 0.211. The summed E-state index contributed by atoms with van der Waals surface area (Å²) in [4.78, 5) is 11.1. The van der Waals surface area contributed by atoms with Gasteiger partial charge >= 0.3 is 6.36 Å². The highest BCUT2D eigenvalue weighted by molar-refractivity contribution is 14.1. The summed E-state index contributed by atoms with van der Waals surface area (Å²) >= 11 is 4.74. The van der Waals surface area contributed by atoms with Crippen LogP contribution in [0.3, 0.4) is 0 Å². The van der Waals surface area contributed by atoms with Crippen LogP contribution in [-0.4, -0.2) is 12.1 Å². The van der Waals surface area contributed by atoms with E-state index in [1.165, 1.54) is 13.0 Å². The summed E-state index contributed by atoms with van der Waals surface area (Å²) in [7, 11) is 0. The van der Waals surface area contributed by atoms with Crippen LogP contribution in [0, 0.1) is 3.57 Å². The lowest BCUT2D eigenvalue weighted by Crippen LogP contribution is -2.18. The second kappa shape index (κ2) is 4.91. The van der Waals surface area contributed by atoms with Gasteiger partial charge in [0.05, 0.1) is 3.57 Å². The predicted molar refractivity (Wildman–Crippen MR) is 63.5 cm³/mol. The van der Waals surface area contributed by atoms with Crippen molar-refractivity contribution in [1.82, 2.24) is 0 Å². The van der Waals surface area contributed by atoms with Crippen molar-refractivity contribution < 1.29 is 22.7 Å². The average molecular weight is 409 g/mol. The number of hydrogen-bond acceptors (Lipinski definition) is 2. The molecule has 0 aliphatic carbocycles. The zero-order valence-electron chi connectivity index (χ0n) is 7.86. The minimum Gasteiger partial charge on any atom is -0.405 e. The van der Waals surface area contributed by atoms with Gasteiger partial charge in [-0.15, -0.1) is 13.2 Å². The van der Waals surface area contributed by atoms with E-state index in [1.807, 2.05) is 0 Å². The number of Topliss-reactive ketones (excluding diaryl/α,β-unsaturated/α-hetero) is 1. The predicted octanol–water partition coefficient (Wildman–Crippen LogP) is 4.15. The van der Waals surface area contributed by atoms with E-state index in [0.29, 0.717) is 10.0 Å². The first-order valence-corrected chi connectivity index (χ1v) is 5.84. The van der Waals surface area contributed by atoms with E-state index in [2.05, 4.69) is 20.7 Å². The molecule has 0 saturated carbocycles. The summed E-state index contributed by atoms with van der Waals surface area (Å²) in [6, 6.07) is 2.41. The summed E-state index contributed by atoms with van der Waals surface area (Å²) in [6.07, 6.45) is -4.74. The fraction of sp³-hybridized carbons (Fsp3) is 0.222. The standard InChI is InChI=1S/C9H5BrF3IO2/c1-4(15)5-2-3-6(8(14)7(5)10)16-9(11,12)13/h2-3H,1H3. The number of ether oxygens (including phenoxy) is 1. The average Bonchev–Trinajstić information content (AvgIpc) is 2.10. The Kier molecular flexibility index (Phi) is 4.22. The summed E-state index contributed by atoms with van der Waals surface area (Å²) < 4.78 is 40.3. The van der Waals surface area contributed by atoms with E-state index < -0.39 is 6.36 Å². The third-order valence-corrected chi connectivity index (χ3v) is 4.29. The zero-order valence-corrected chi connectivity index (χ0v) is 11.6. The van der Waals surface area contributed by atoms with Gasteiger partial charge in [0.2, 0.25) is 0 Å². The summed E-state index contributed by atoms with van der Waals surface area (Å²) in [5, 5.41) is 0. The fourth-order valence-corrected chi connectivity index (χ4v) is 2.19. The maximum atomic E-state index is 12.0. The number of alkyl halides is 3. The molecule has 0 N–H and O–H groups in total. The monoisotopic (exact) mass is 408 g/mol. The Balaban J connectivity index is 3.17. The van der Waals surface area contributed by atoms with Gasteiger partial charge in [-0.1, -0.05) is 0 Å². The molecule has 1 rings (SSSR count). The van der Waals surface area contributed by atoms with E-state index in [4.69, 9.17) is 0 Å². The van der Waals surface area contributed by atoms with Crippen LogP contribution >= 0.6 is 38.5 Å². The highest BCUT2D eigenvalue weighted by atomic mass is 127. The van der Waals surface area contributed by atoms with Crippen LogP contribution < -0.4 is 4.74 Å². The van der Waals surface area contributed by atoms with Gasteiger partial charge < -0.3 is 4.74 Å². The number of ketones is 1. The van der Waals surface area contributed by atoms with Crippen LogP contribution in [0.4, 0.5) is 13.2 Å².